The fraction of sp³-hybridized carbons (Fsp3) is 0.263. The first kappa shape index (κ1) is 16.7. The molecule has 1 N–H and O–H groups in total. The van der Waals surface area contributed by atoms with E-state index in [0.717, 1.165) is 0 Å². The van der Waals surface area contributed by atoms with E-state index >= 15 is 0 Å². The number of Topliss-reactive ketones (excluding diaryl/α,β-unsaturated/α-hetero) is 1. The van der Waals surface area contributed by atoms with Crippen LogP contribution >= 0.6 is 0 Å². The predicted molar refractivity (Wildman–Crippen MR) is 91.2 cm³/mol. The van der Waals surface area contributed by atoms with Crippen LogP contribution in [0.2, 0.25) is 0 Å². The van der Waals surface area contributed by atoms with Gasteiger partial charge in [0.1, 0.15) is 5.75 Å². The number of carbonyl (C=O) groups is 2. The third-order valence-corrected chi connectivity index (χ3v) is 3.23. The summed E-state index contributed by atoms with van der Waals surface area (Å²) in [5, 5.41) is 2.81. The number of para-hydroxylation sites is 1. The highest BCUT2D eigenvalue weighted by Gasteiger charge is 2.13. The summed E-state index contributed by atoms with van der Waals surface area (Å²) in [7, 11) is 0. The molecule has 4 nitrogen and oxygen atoms in total. The van der Waals surface area contributed by atoms with Crippen molar-refractivity contribution < 1.29 is 14.3 Å². The van der Waals surface area contributed by atoms with Crippen molar-refractivity contribution in [3.63, 3.8) is 0 Å². The second-order valence-corrected chi connectivity index (χ2v) is 5.79. The zero-order valence-corrected chi connectivity index (χ0v) is 13.6. The van der Waals surface area contributed by atoms with E-state index in [-0.39, 0.29) is 11.7 Å². The Labute approximate surface area is 136 Å². The van der Waals surface area contributed by atoms with Gasteiger partial charge in [-0.25, -0.2) is 0 Å². The number of hydrogen-bond acceptors (Lipinski definition) is 3. The largest absolute Gasteiger partial charge is 0.492 e. The summed E-state index contributed by atoms with van der Waals surface area (Å²) in [5.41, 5.74) is 1.62. The van der Waals surface area contributed by atoms with E-state index in [0.29, 0.717) is 35.1 Å². The molecule has 0 unspecified atom stereocenters. The Morgan fingerprint density at radius 3 is 2.52 bits per heavy atom. The number of ether oxygens (including phenoxy) is 1. The first-order valence-corrected chi connectivity index (χ1v) is 7.61. The molecule has 1 amide bonds. The Morgan fingerprint density at radius 2 is 1.83 bits per heavy atom. The Bertz CT molecular complexity index is 707. The molecule has 23 heavy (non-hydrogen) atoms. The molecule has 0 aromatic heterocycles. The average Bonchev–Trinajstić information content (AvgIpc) is 2.53. The van der Waals surface area contributed by atoms with Gasteiger partial charge in [-0.2, -0.15) is 0 Å². The fourth-order valence-electron chi connectivity index (χ4n) is 2.05. The second-order valence-electron chi connectivity index (χ2n) is 5.79. The predicted octanol–water partition coefficient (Wildman–Crippen LogP) is 4.18. The van der Waals surface area contributed by atoms with E-state index in [1.165, 1.54) is 6.92 Å². The molecule has 0 fully saturated rings. The van der Waals surface area contributed by atoms with Crippen molar-refractivity contribution in [2.75, 3.05) is 11.9 Å². The minimum atomic E-state index is -0.259. The van der Waals surface area contributed by atoms with Crippen LogP contribution < -0.4 is 10.1 Å². The molecule has 0 spiro atoms. The molecule has 0 heterocycles. The summed E-state index contributed by atoms with van der Waals surface area (Å²) in [6, 6.07) is 14.0. The summed E-state index contributed by atoms with van der Waals surface area (Å²) >= 11 is 0. The molecule has 0 atom stereocenters. The van der Waals surface area contributed by atoms with E-state index in [1.54, 1.807) is 42.5 Å². The maximum atomic E-state index is 12.5. The number of benzene rings is 2. The molecule has 0 saturated heterocycles. The van der Waals surface area contributed by atoms with Crippen molar-refractivity contribution in [1.82, 2.24) is 0 Å². The molecule has 0 aliphatic rings. The Hall–Kier alpha value is -2.62. The minimum Gasteiger partial charge on any atom is -0.492 e. The Kier molecular flexibility index (Phi) is 5.52. The number of rotatable bonds is 6. The molecule has 120 valence electrons. The number of amides is 1. The number of carbonyl (C=O) groups excluding carboxylic acids is 2. The van der Waals surface area contributed by atoms with E-state index in [9.17, 15) is 9.59 Å². The van der Waals surface area contributed by atoms with Gasteiger partial charge in [0, 0.05) is 11.3 Å². The van der Waals surface area contributed by atoms with Crippen LogP contribution in [-0.2, 0) is 0 Å². The van der Waals surface area contributed by atoms with Crippen molar-refractivity contribution in [2.24, 2.45) is 5.92 Å². The number of anilines is 1. The summed E-state index contributed by atoms with van der Waals surface area (Å²) in [6.07, 6.45) is 0. The van der Waals surface area contributed by atoms with Gasteiger partial charge in [-0.15, -0.1) is 0 Å². The van der Waals surface area contributed by atoms with Crippen LogP contribution in [0, 0.1) is 5.92 Å². The highest BCUT2D eigenvalue weighted by atomic mass is 16.5. The summed E-state index contributed by atoms with van der Waals surface area (Å²) in [6.45, 7) is 6.14. The van der Waals surface area contributed by atoms with Gasteiger partial charge >= 0.3 is 0 Å². The molecule has 2 aromatic carbocycles. The van der Waals surface area contributed by atoms with Crippen LogP contribution in [0.15, 0.2) is 48.5 Å². The second kappa shape index (κ2) is 7.58. The van der Waals surface area contributed by atoms with Gasteiger partial charge in [-0.05, 0) is 37.1 Å². The highest BCUT2D eigenvalue weighted by Crippen LogP contribution is 2.21. The molecule has 0 bridgehead atoms. The minimum absolute atomic E-state index is 0.0400. The average molecular weight is 311 g/mol. The molecule has 0 radical (unpaired) electrons. The van der Waals surface area contributed by atoms with Crippen LogP contribution in [0.25, 0.3) is 0 Å². The van der Waals surface area contributed by atoms with Gasteiger partial charge < -0.3 is 10.1 Å². The molecule has 4 heteroatoms. The zero-order valence-electron chi connectivity index (χ0n) is 13.6. The lowest BCUT2D eigenvalue weighted by molar-refractivity contribution is 0.100. The highest BCUT2D eigenvalue weighted by molar-refractivity contribution is 6.06. The first-order valence-electron chi connectivity index (χ1n) is 7.61. The van der Waals surface area contributed by atoms with Gasteiger partial charge in [-0.1, -0.05) is 38.1 Å². The van der Waals surface area contributed by atoms with E-state index < -0.39 is 0 Å². The van der Waals surface area contributed by atoms with Crippen molar-refractivity contribution in [1.29, 1.82) is 0 Å². The third kappa shape index (κ3) is 4.68. The molecule has 0 saturated carbocycles. The van der Waals surface area contributed by atoms with Crippen LogP contribution in [0.3, 0.4) is 0 Å². The van der Waals surface area contributed by atoms with Crippen LogP contribution in [-0.4, -0.2) is 18.3 Å². The number of ketones is 1. The van der Waals surface area contributed by atoms with Gasteiger partial charge in [0.05, 0.1) is 12.2 Å². The van der Waals surface area contributed by atoms with Crippen molar-refractivity contribution in [3.8, 4) is 5.75 Å². The van der Waals surface area contributed by atoms with Crippen molar-refractivity contribution in [2.45, 2.75) is 20.8 Å². The summed E-state index contributed by atoms with van der Waals surface area (Å²) in [5.74, 6) is 0.631. The Morgan fingerprint density at radius 1 is 1.09 bits per heavy atom. The van der Waals surface area contributed by atoms with Crippen LogP contribution in [0.5, 0.6) is 5.75 Å². The van der Waals surface area contributed by atoms with Gasteiger partial charge in [0.25, 0.3) is 5.91 Å². The van der Waals surface area contributed by atoms with Crippen molar-refractivity contribution in [3.05, 3.63) is 59.7 Å². The van der Waals surface area contributed by atoms with Crippen molar-refractivity contribution >= 4 is 17.4 Å². The maximum Gasteiger partial charge on any atom is 0.259 e. The molecule has 2 aromatic rings. The first-order chi connectivity index (χ1) is 11.0. The molecular weight excluding hydrogens is 290 g/mol. The van der Waals surface area contributed by atoms with Crippen LogP contribution in [0.1, 0.15) is 41.5 Å². The van der Waals surface area contributed by atoms with E-state index in [4.69, 9.17) is 4.74 Å². The zero-order chi connectivity index (χ0) is 16.8. The molecular formula is C19H21NO3. The lowest BCUT2D eigenvalue weighted by Gasteiger charge is -2.13. The Balaban J connectivity index is 2.18. The monoisotopic (exact) mass is 311 g/mol. The summed E-state index contributed by atoms with van der Waals surface area (Å²) in [4.78, 5) is 23.9. The van der Waals surface area contributed by atoms with E-state index in [2.05, 4.69) is 19.2 Å². The lowest BCUT2D eigenvalue weighted by Crippen LogP contribution is -2.15. The quantitative estimate of drug-likeness (QED) is 0.814. The van der Waals surface area contributed by atoms with E-state index in [1.807, 2.05) is 6.07 Å². The maximum absolute atomic E-state index is 12.5. The van der Waals surface area contributed by atoms with Gasteiger partial charge in [0.15, 0.2) is 5.78 Å². The SMILES string of the molecule is CC(=O)c1cccc(NC(=O)c2ccccc2OCC(C)C)c1. The number of hydrogen-bond donors (Lipinski definition) is 1. The summed E-state index contributed by atoms with van der Waals surface area (Å²) < 4.78 is 5.70. The normalized spacial score (nSPS) is 10.4. The molecule has 0 aliphatic carbocycles. The van der Waals surface area contributed by atoms with Crippen LogP contribution in [0.4, 0.5) is 5.69 Å². The lowest BCUT2D eigenvalue weighted by atomic mass is 10.1. The number of nitrogens with one attached hydrogen (secondary N) is 1. The standard InChI is InChI=1S/C19H21NO3/c1-13(2)12-23-18-10-5-4-9-17(18)19(22)20-16-8-6-7-15(11-16)14(3)21/h4-11,13H,12H2,1-3H3,(H,20,22). The smallest absolute Gasteiger partial charge is 0.259 e. The fourth-order valence-corrected chi connectivity index (χ4v) is 2.05. The third-order valence-electron chi connectivity index (χ3n) is 3.23. The topological polar surface area (TPSA) is 55.4 Å². The molecule has 0 aliphatic heterocycles. The van der Waals surface area contributed by atoms with Gasteiger partial charge in [-0.3, -0.25) is 9.59 Å². The van der Waals surface area contributed by atoms with Gasteiger partial charge in [0.2, 0.25) is 0 Å². The molecule has 2 rings (SSSR count).